The Hall–Kier alpha value is -0.0500. The van der Waals surface area contributed by atoms with Crippen LogP contribution in [0.1, 0.15) is 26.7 Å². The van der Waals surface area contributed by atoms with Crippen LogP contribution in [-0.2, 0) is 9.84 Å². The predicted octanol–water partition coefficient (Wildman–Crippen LogP) is 1.22. The van der Waals surface area contributed by atoms with Crippen molar-refractivity contribution in [3.63, 3.8) is 0 Å². The lowest BCUT2D eigenvalue weighted by atomic mass is 9.56. The molecule has 0 aromatic heterocycles. The summed E-state index contributed by atoms with van der Waals surface area (Å²) in [7, 11) is -2.60. The topological polar surface area (TPSA) is 34.1 Å². The fourth-order valence-corrected chi connectivity index (χ4v) is 5.26. The highest BCUT2D eigenvalue weighted by Gasteiger charge is 2.58. The lowest BCUT2D eigenvalue weighted by Gasteiger charge is -2.57. The summed E-state index contributed by atoms with van der Waals surface area (Å²) in [6.45, 7) is 4.42. The summed E-state index contributed by atoms with van der Waals surface area (Å²) in [6.07, 6.45) is 2.22. The molecule has 0 unspecified atom stereocenters. The number of hydrogen-bond donors (Lipinski definition) is 0. The molecule has 1 saturated heterocycles. The first-order valence-electron chi connectivity index (χ1n) is 4.03. The molecule has 3 heteroatoms. The molecule has 2 fully saturated rings. The minimum atomic E-state index is -2.60. The normalized spacial score (nSPS) is 35.8. The molecule has 1 heterocycles. The van der Waals surface area contributed by atoms with Gasteiger partial charge in [-0.25, -0.2) is 8.42 Å². The van der Waals surface area contributed by atoms with Gasteiger partial charge in [0, 0.05) is 0 Å². The Morgan fingerprint density at radius 1 is 1.09 bits per heavy atom. The van der Waals surface area contributed by atoms with Crippen LogP contribution in [0.4, 0.5) is 0 Å². The van der Waals surface area contributed by atoms with Crippen molar-refractivity contribution < 1.29 is 8.42 Å². The monoisotopic (exact) mass is 174 g/mol. The smallest absolute Gasteiger partial charge is 0.151 e. The summed E-state index contributed by atoms with van der Waals surface area (Å²) < 4.78 is 21.8. The molecule has 11 heavy (non-hydrogen) atoms. The van der Waals surface area contributed by atoms with Crippen molar-refractivity contribution in [2.45, 2.75) is 26.7 Å². The molecule has 0 amide bonds. The van der Waals surface area contributed by atoms with Crippen molar-refractivity contribution >= 4 is 9.84 Å². The Kier molecular flexibility index (Phi) is 1.14. The molecule has 0 aromatic carbocycles. The van der Waals surface area contributed by atoms with Gasteiger partial charge in [0.2, 0.25) is 0 Å². The molecule has 1 aliphatic carbocycles. The number of hydrogen-bond acceptors (Lipinski definition) is 2. The van der Waals surface area contributed by atoms with Gasteiger partial charge in [-0.05, 0) is 23.7 Å². The van der Waals surface area contributed by atoms with Gasteiger partial charge < -0.3 is 0 Å². The maximum Gasteiger partial charge on any atom is 0.151 e. The van der Waals surface area contributed by atoms with E-state index in [4.69, 9.17) is 0 Å². The second-order valence-electron chi connectivity index (χ2n) is 5.05. The van der Waals surface area contributed by atoms with Crippen LogP contribution in [0, 0.1) is 10.8 Å². The van der Waals surface area contributed by atoms with Crippen molar-refractivity contribution in [1.82, 2.24) is 0 Å². The van der Waals surface area contributed by atoms with E-state index in [9.17, 15) is 8.42 Å². The van der Waals surface area contributed by atoms with Crippen molar-refractivity contribution in [2.24, 2.45) is 10.8 Å². The van der Waals surface area contributed by atoms with Gasteiger partial charge in [-0.1, -0.05) is 13.8 Å². The summed E-state index contributed by atoms with van der Waals surface area (Å²) in [5.41, 5.74) is 0.637. The van der Waals surface area contributed by atoms with E-state index in [1.54, 1.807) is 0 Å². The maximum absolute atomic E-state index is 10.9. The SMILES string of the molecule is CC1(C)CC2(C1)CS(=O)(=O)C2. The van der Waals surface area contributed by atoms with Crippen LogP contribution >= 0.6 is 0 Å². The first-order valence-corrected chi connectivity index (χ1v) is 5.85. The van der Waals surface area contributed by atoms with E-state index in [1.165, 1.54) is 0 Å². The molecule has 0 bridgehead atoms. The first-order chi connectivity index (χ1) is 4.83. The molecule has 1 spiro atoms. The molecule has 0 atom stereocenters. The van der Waals surface area contributed by atoms with Gasteiger partial charge in [-0.15, -0.1) is 0 Å². The summed E-state index contributed by atoms with van der Waals surface area (Å²) in [4.78, 5) is 0. The van der Waals surface area contributed by atoms with Crippen molar-refractivity contribution in [3.05, 3.63) is 0 Å². The van der Waals surface area contributed by atoms with Gasteiger partial charge in [0.25, 0.3) is 0 Å². The van der Waals surface area contributed by atoms with Crippen LogP contribution < -0.4 is 0 Å². The highest BCUT2D eigenvalue weighted by Crippen LogP contribution is 2.59. The van der Waals surface area contributed by atoms with Gasteiger partial charge in [0.1, 0.15) is 0 Å². The fraction of sp³-hybridized carbons (Fsp3) is 1.00. The molecule has 1 aliphatic heterocycles. The molecular formula is C8H14O2S. The van der Waals surface area contributed by atoms with Gasteiger partial charge >= 0.3 is 0 Å². The van der Waals surface area contributed by atoms with E-state index in [1.807, 2.05) is 0 Å². The minimum Gasteiger partial charge on any atom is -0.229 e. The van der Waals surface area contributed by atoms with E-state index < -0.39 is 9.84 Å². The van der Waals surface area contributed by atoms with Crippen LogP contribution in [0.2, 0.25) is 0 Å². The third-order valence-corrected chi connectivity index (χ3v) is 4.86. The van der Waals surface area contributed by atoms with E-state index in [0.29, 0.717) is 16.9 Å². The summed E-state index contributed by atoms with van der Waals surface area (Å²) in [5, 5.41) is 0. The zero-order chi connectivity index (χ0) is 8.33. The molecular weight excluding hydrogens is 160 g/mol. The lowest BCUT2D eigenvalue weighted by molar-refractivity contribution is 0.0133. The Bertz CT molecular complexity index is 265. The van der Waals surface area contributed by atoms with Crippen molar-refractivity contribution in [2.75, 3.05) is 11.5 Å². The zero-order valence-corrected chi connectivity index (χ0v) is 7.87. The standard InChI is InChI=1S/C8H14O2S/c1-7(2)3-8(4-7)5-11(9,10)6-8/h3-6H2,1-2H3. The van der Waals surface area contributed by atoms with E-state index in [0.717, 1.165) is 12.8 Å². The molecule has 0 N–H and O–H groups in total. The Morgan fingerprint density at radius 2 is 1.55 bits per heavy atom. The van der Waals surface area contributed by atoms with Crippen LogP contribution in [0.3, 0.4) is 0 Å². The molecule has 2 nitrogen and oxygen atoms in total. The third-order valence-electron chi connectivity index (χ3n) is 2.76. The number of sulfone groups is 1. The quantitative estimate of drug-likeness (QED) is 0.553. The third kappa shape index (κ3) is 1.10. The summed E-state index contributed by atoms with van der Waals surface area (Å²) >= 11 is 0. The molecule has 0 radical (unpaired) electrons. The van der Waals surface area contributed by atoms with Crippen molar-refractivity contribution in [1.29, 1.82) is 0 Å². The minimum absolute atomic E-state index is 0.225. The Balaban J connectivity index is 2.03. The fourth-order valence-electron chi connectivity index (χ4n) is 3.07. The van der Waals surface area contributed by atoms with Crippen LogP contribution in [-0.4, -0.2) is 19.9 Å². The average molecular weight is 174 g/mol. The Morgan fingerprint density at radius 3 is 1.82 bits per heavy atom. The van der Waals surface area contributed by atoms with Crippen LogP contribution in [0.15, 0.2) is 0 Å². The van der Waals surface area contributed by atoms with Gasteiger partial charge in [0.05, 0.1) is 11.5 Å². The second kappa shape index (κ2) is 1.65. The Labute approximate surface area is 67.9 Å². The average Bonchev–Trinajstić information content (AvgIpc) is 1.52. The largest absolute Gasteiger partial charge is 0.229 e. The molecule has 0 aromatic rings. The predicted molar refractivity (Wildman–Crippen MR) is 44.1 cm³/mol. The maximum atomic E-state index is 10.9. The highest BCUT2D eigenvalue weighted by atomic mass is 32.2. The van der Waals surface area contributed by atoms with Gasteiger partial charge in [-0.3, -0.25) is 0 Å². The van der Waals surface area contributed by atoms with E-state index in [2.05, 4.69) is 13.8 Å². The first kappa shape index (κ1) is 7.59. The van der Waals surface area contributed by atoms with Crippen LogP contribution in [0.25, 0.3) is 0 Å². The molecule has 64 valence electrons. The molecule has 2 aliphatic rings. The summed E-state index contributed by atoms with van der Waals surface area (Å²) in [6, 6.07) is 0. The van der Waals surface area contributed by atoms with Crippen LogP contribution in [0.5, 0.6) is 0 Å². The van der Waals surface area contributed by atoms with E-state index in [-0.39, 0.29) is 5.41 Å². The van der Waals surface area contributed by atoms with Crippen molar-refractivity contribution in [3.8, 4) is 0 Å². The zero-order valence-electron chi connectivity index (χ0n) is 7.05. The number of rotatable bonds is 0. The van der Waals surface area contributed by atoms with Gasteiger partial charge in [-0.2, -0.15) is 0 Å². The molecule has 2 rings (SSSR count). The molecule has 1 saturated carbocycles. The van der Waals surface area contributed by atoms with E-state index >= 15 is 0 Å². The highest BCUT2D eigenvalue weighted by molar-refractivity contribution is 7.92. The summed E-state index contributed by atoms with van der Waals surface area (Å²) in [5.74, 6) is 0.923. The lowest BCUT2D eigenvalue weighted by Crippen LogP contribution is -2.59. The second-order valence-corrected chi connectivity index (χ2v) is 7.11. The van der Waals surface area contributed by atoms with Gasteiger partial charge in [0.15, 0.2) is 9.84 Å².